The van der Waals surface area contributed by atoms with Gasteiger partial charge < -0.3 is 5.32 Å². The fourth-order valence-corrected chi connectivity index (χ4v) is 1.61. The molecule has 0 spiro atoms. The van der Waals surface area contributed by atoms with Gasteiger partial charge in [0.25, 0.3) is 0 Å². The van der Waals surface area contributed by atoms with Crippen molar-refractivity contribution in [3.63, 3.8) is 0 Å². The van der Waals surface area contributed by atoms with Crippen LogP contribution in [0.25, 0.3) is 5.82 Å². The van der Waals surface area contributed by atoms with E-state index in [0.717, 1.165) is 29.1 Å². The zero-order valence-corrected chi connectivity index (χ0v) is 10.6. The fourth-order valence-electron chi connectivity index (χ4n) is 1.33. The predicted molar refractivity (Wildman–Crippen MR) is 67.8 cm³/mol. The highest BCUT2D eigenvalue weighted by molar-refractivity contribution is 9.10. The monoisotopic (exact) mass is 280 g/mol. The molecule has 1 N–H and O–H groups in total. The van der Waals surface area contributed by atoms with Gasteiger partial charge in [-0.15, -0.1) is 0 Å². The number of rotatable bonds is 4. The summed E-state index contributed by atoms with van der Waals surface area (Å²) in [6, 6.07) is 5.85. The summed E-state index contributed by atoms with van der Waals surface area (Å²) in [7, 11) is 0. The molecular weight excluding hydrogens is 268 g/mol. The fraction of sp³-hybridized carbons (Fsp3) is 0.273. The van der Waals surface area contributed by atoms with E-state index >= 15 is 0 Å². The van der Waals surface area contributed by atoms with E-state index in [0.29, 0.717) is 0 Å². The van der Waals surface area contributed by atoms with Gasteiger partial charge in [-0.05, 0) is 34.5 Å². The van der Waals surface area contributed by atoms with Crippen LogP contribution in [0.15, 0.2) is 35.1 Å². The molecule has 2 aromatic heterocycles. The van der Waals surface area contributed by atoms with Crippen LogP contribution in [-0.2, 0) is 0 Å². The minimum atomic E-state index is 0.812. The Balaban J connectivity index is 2.22. The molecule has 0 amide bonds. The maximum absolute atomic E-state index is 4.46. The maximum atomic E-state index is 4.46. The third-order valence-electron chi connectivity index (χ3n) is 2.08. The molecule has 4 nitrogen and oxygen atoms in total. The van der Waals surface area contributed by atoms with Crippen molar-refractivity contribution in [2.75, 3.05) is 11.9 Å². The van der Waals surface area contributed by atoms with Gasteiger partial charge in [0.1, 0.15) is 5.82 Å². The van der Waals surface area contributed by atoms with Crippen molar-refractivity contribution in [1.82, 2.24) is 14.8 Å². The normalized spacial score (nSPS) is 10.4. The molecule has 16 heavy (non-hydrogen) atoms. The van der Waals surface area contributed by atoms with Gasteiger partial charge in [0.15, 0.2) is 5.82 Å². The van der Waals surface area contributed by atoms with E-state index in [2.05, 4.69) is 38.3 Å². The Morgan fingerprint density at radius 2 is 2.31 bits per heavy atom. The topological polar surface area (TPSA) is 42.7 Å². The first-order chi connectivity index (χ1) is 7.79. The van der Waals surface area contributed by atoms with Gasteiger partial charge in [-0.3, -0.25) is 0 Å². The van der Waals surface area contributed by atoms with E-state index in [1.54, 1.807) is 10.9 Å². The summed E-state index contributed by atoms with van der Waals surface area (Å²) in [4.78, 5) is 4.46. The second-order valence-corrected chi connectivity index (χ2v) is 4.33. The van der Waals surface area contributed by atoms with Crippen LogP contribution in [0, 0.1) is 0 Å². The van der Waals surface area contributed by atoms with E-state index in [-0.39, 0.29) is 0 Å². The molecule has 84 valence electrons. The minimum absolute atomic E-state index is 0.812. The zero-order chi connectivity index (χ0) is 11.4. The first kappa shape index (κ1) is 11.1. The zero-order valence-electron chi connectivity index (χ0n) is 9.02. The Kier molecular flexibility index (Phi) is 3.56. The lowest BCUT2D eigenvalue weighted by atomic mass is 10.4. The van der Waals surface area contributed by atoms with Crippen LogP contribution < -0.4 is 5.32 Å². The molecule has 0 saturated carbocycles. The number of halogens is 1. The summed E-state index contributed by atoms with van der Waals surface area (Å²) >= 11 is 3.36. The number of anilines is 1. The van der Waals surface area contributed by atoms with Crippen LogP contribution in [0.1, 0.15) is 13.3 Å². The van der Waals surface area contributed by atoms with Crippen LogP contribution >= 0.6 is 15.9 Å². The largest absolute Gasteiger partial charge is 0.370 e. The maximum Gasteiger partial charge on any atom is 0.155 e. The Morgan fingerprint density at radius 3 is 3.00 bits per heavy atom. The Hall–Kier alpha value is -1.36. The number of nitrogens with zero attached hydrogens (tertiary/aromatic N) is 3. The molecule has 0 bridgehead atoms. The molecule has 0 aromatic carbocycles. The minimum Gasteiger partial charge on any atom is -0.370 e. The highest BCUT2D eigenvalue weighted by Gasteiger charge is 2.01. The van der Waals surface area contributed by atoms with E-state index in [4.69, 9.17) is 0 Å². The third-order valence-corrected chi connectivity index (χ3v) is 2.49. The Labute approximate surface area is 103 Å². The molecule has 0 atom stereocenters. The molecule has 5 heteroatoms. The van der Waals surface area contributed by atoms with Crippen molar-refractivity contribution in [1.29, 1.82) is 0 Å². The Bertz CT molecular complexity index is 467. The molecule has 0 radical (unpaired) electrons. The second kappa shape index (κ2) is 5.12. The predicted octanol–water partition coefficient (Wildman–Crippen LogP) is 2.85. The van der Waals surface area contributed by atoms with Crippen molar-refractivity contribution in [2.45, 2.75) is 13.3 Å². The molecule has 0 aliphatic heterocycles. The van der Waals surface area contributed by atoms with Gasteiger partial charge in [0.05, 0.1) is 10.7 Å². The summed E-state index contributed by atoms with van der Waals surface area (Å²) in [6.45, 7) is 3.06. The van der Waals surface area contributed by atoms with Gasteiger partial charge in [-0.1, -0.05) is 13.0 Å². The molecule has 2 aromatic rings. The van der Waals surface area contributed by atoms with Gasteiger partial charge in [0, 0.05) is 12.7 Å². The number of aromatic nitrogens is 3. The lowest BCUT2D eigenvalue weighted by Gasteiger charge is -2.05. The smallest absolute Gasteiger partial charge is 0.155 e. The summed E-state index contributed by atoms with van der Waals surface area (Å²) in [5.41, 5.74) is 0. The molecule has 2 heterocycles. The molecule has 0 saturated heterocycles. The molecule has 2 rings (SSSR count). The molecule has 0 unspecified atom stereocenters. The molecule has 0 fully saturated rings. The number of pyridine rings is 1. The Morgan fingerprint density at radius 1 is 1.44 bits per heavy atom. The van der Waals surface area contributed by atoms with Gasteiger partial charge in [-0.2, -0.15) is 5.10 Å². The average Bonchev–Trinajstić information content (AvgIpc) is 2.74. The second-order valence-electron chi connectivity index (χ2n) is 3.41. The summed E-state index contributed by atoms with van der Waals surface area (Å²) < 4.78 is 2.68. The van der Waals surface area contributed by atoms with Crippen LogP contribution in [-0.4, -0.2) is 21.3 Å². The van der Waals surface area contributed by atoms with E-state index < -0.39 is 0 Å². The van der Waals surface area contributed by atoms with Crippen LogP contribution in [0.2, 0.25) is 0 Å². The van der Waals surface area contributed by atoms with Crippen LogP contribution in [0.4, 0.5) is 5.82 Å². The first-order valence-electron chi connectivity index (χ1n) is 5.21. The summed E-state index contributed by atoms with van der Waals surface area (Å²) in [5, 5.41) is 7.43. The number of nitrogens with one attached hydrogen (secondary N) is 1. The van der Waals surface area contributed by atoms with Crippen LogP contribution in [0.5, 0.6) is 0 Å². The van der Waals surface area contributed by atoms with Crippen molar-refractivity contribution >= 4 is 21.7 Å². The lowest BCUT2D eigenvalue weighted by molar-refractivity contribution is 0.845. The van der Waals surface area contributed by atoms with Crippen LogP contribution in [0.3, 0.4) is 0 Å². The molecule has 0 aliphatic rings. The first-order valence-corrected chi connectivity index (χ1v) is 6.00. The van der Waals surface area contributed by atoms with Crippen molar-refractivity contribution in [3.05, 3.63) is 35.1 Å². The van der Waals surface area contributed by atoms with Gasteiger partial charge in [-0.25, -0.2) is 9.67 Å². The quantitative estimate of drug-likeness (QED) is 0.937. The van der Waals surface area contributed by atoms with Gasteiger partial charge >= 0.3 is 0 Å². The SMILES string of the molecule is CCCNc1cccc(-n2cc(Br)cn2)n1. The van der Waals surface area contributed by atoms with Crippen molar-refractivity contribution in [3.8, 4) is 5.82 Å². The van der Waals surface area contributed by atoms with Gasteiger partial charge in [0.2, 0.25) is 0 Å². The van der Waals surface area contributed by atoms with E-state index in [1.807, 2.05) is 24.4 Å². The summed E-state index contributed by atoms with van der Waals surface area (Å²) in [5.74, 6) is 1.69. The van der Waals surface area contributed by atoms with E-state index in [1.165, 1.54) is 0 Å². The lowest BCUT2D eigenvalue weighted by Crippen LogP contribution is -2.04. The van der Waals surface area contributed by atoms with Crippen molar-refractivity contribution in [2.24, 2.45) is 0 Å². The number of hydrogen-bond acceptors (Lipinski definition) is 3. The number of hydrogen-bond donors (Lipinski definition) is 1. The van der Waals surface area contributed by atoms with Crippen molar-refractivity contribution < 1.29 is 0 Å². The third kappa shape index (κ3) is 2.61. The molecular formula is C11H13BrN4. The average molecular weight is 281 g/mol. The highest BCUT2D eigenvalue weighted by atomic mass is 79.9. The molecule has 0 aliphatic carbocycles. The van der Waals surface area contributed by atoms with E-state index in [9.17, 15) is 0 Å². The highest BCUT2D eigenvalue weighted by Crippen LogP contribution is 2.12. The standard InChI is InChI=1S/C11H13BrN4/c1-2-6-13-10-4-3-5-11(15-10)16-8-9(12)7-14-16/h3-5,7-8H,2,6H2,1H3,(H,13,15). The summed E-state index contributed by atoms with van der Waals surface area (Å²) in [6.07, 6.45) is 4.71.